The molecule has 0 saturated carbocycles. The summed E-state index contributed by atoms with van der Waals surface area (Å²) < 4.78 is 35.7. The fourth-order valence-electron chi connectivity index (χ4n) is 1.41. The molecule has 1 heterocycles. The summed E-state index contributed by atoms with van der Waals surface area (Å²) in [5.41, 5.74) is 1.28. The van der Waals surface area contributed by atoms with E-state index in [-0.39, 0.29) is 10.6 Å². The lowest BCUT2D eigenvalue weighted by Crippen LogP contribution is -2.12. The lowest BCUT2D eigenvalue weighted by molar-refractivity contribution is 0.593. The zero-order chi connectivity index (χ0) is 13.2. The Morgan fingerprint density at radius 3 is 2.67 bits per heavy atom. The Kier molecular flexibility index (Phi) is 3.65. The van der Waals surface area contributed by atoms with Crippen molar-refractivity contribution in [1.82, 2.24) is 0 Å². The van der Waals surface area contributed by atoms with Gasteiger partial charge in [-0.2, -0.15) is 11.3 Å². The van der Waals surface area contributed by atoms with E-state index in [1.165, 1.54) is 12.1 Å². The quantitative estimate of drug-likeness (QED) is 0.904. The molecule has 3 N–H and O–H groups in total. The molecular formula is C11H11FN2O2S2. The van der Waals surface area contributed by atoms with Crippen molar-refractivity contribution in [2.45, 2.75) is 11.4 Å². The Balaban J connectivity index is 2.15. The third kappa shape index (κ3) is 3.06. The number of benzene rings is 1. The summed E-state index contributed by atoms with van der Waals surface area (Å²) >= 11 is 1.56. The Morgan fingerprint density at radius 1 is 1.33 bits per heavy atom. The van der Waals surface area contributed by atoms with Crippen molar-refractivity contribution in [2.75, 3.05) is 5.32 Å². The molecule has 0 fully saturated rings. The largest absolute Gasteiger partial charge is 0.379 e. The van der Waals surface area contributed by atoms with E-state index in [1.807, 2.05) is 16.8 Å². The van der Waals surface area contributed by atoms with Gasteiger partial charge in [-0.15, -0.1) is 0 Å². The van der Waals surface area contributed by atoms with Crippen molar-refractivity contribution in [2.24, 2.45) is 5.14 Å². The standard InChI is InChI=1S/C11H11FN2O2S2/c12-10-5-9(18(13,15)16)1-2-11(10)14-6-8-3-4-17-7-8/h1-5,7,14H,6H2,(H2,13,15,16). The highest BCUT2D eigenvalue weighted by atomic mass is 32.2. The average Bonchev–Trinajstić information content (AvgIpc) is 2.79. The molecule has 0 aliphatic carbocycles. The van der Waals surface area contributed by atoms with Gasteiger partial charge in [-0.3, -0.25) is 0 Å². The molecule has 0 spiro atoms. The maximum Gasteiger partial charge on any atom is 0.238 e. The third-order valence-corrected chi connectivity index (χ3v) is 3.98. The lowest BCUT2D eigenvalue weighted by Gasteiger charge is -2.07. The van der Waals surface area contributed by atoms with Gasteiger partial charge in [0.2, 0.25) is 10.0 Å². The number of hydrogen-bond donors (Lipinski definition) is 2. The van der Waals surface area contributed by atoms with Crippen LogP contribution in [0.1, 0.15) is 5.56 Å². The van der Waals surface area contributed by atoms with Gasteiger partial charge in [-0.1, -0.05) is 0 Å². The van der Waals surface area contributed by atoms with Crippen LogP contribution in [0.15, 0.2) is 39.9 Å². The number of anilines is 1. The van der Waals surface area contributed by atoms with Crippen LogP contribution in [0.25, 0.3) is 0 Å². The molecule has 0 amide bonds. The second-order valence-corrected chi connectivity index (χ2v) is 6.01. The molecule has 18 heavy (non-hydrogen) atoms. The Bertz CT molecular complexity index is 639. The fraction of sp³-hybridized carbons (Fsp3) is 0.0909. The van der Waals surface area contributed by atoms with Crippen LogP contribution < -0.4 is 10.5 Å². The molecule has 2 rings (SSSR count). The molecule has 0 saturated heterocycles. The Labute approximate surface area is 108 Å². The van der Waals surface area contributed by atoms with E-state index in [0.717, 1.165) is 11.6 Å². The molecule has 0 aliphatic heterocycles. The number of sulfonamides is 1. The first-order valence-corrected chi connectivity index (χ1v) is 7.53. The van der Waals surface area contributed by atoms with Gasteiger partial charge in [-0.05, 0) is 40.6 Å². The summed E-state index contributed by atoms with van der Waals surface area (Å²) in [7, 11) is -3.87. The first-order valence-electron chi connectivity index (χ1n) is 5.04. The maximum atomic E-state index is 13.6. The van der Waals surface area contributed by atoms with Gasteiger partial charge in [0.15, 0.2) is 0 Å². The van der Waals surface area contributed by atoms with Gasteiger partial charge in [0.05, 0.1) is 10.6 Å². The van der Waals surface area contributed by atoms with Crippen molar-refractivity contribution in [3.63, 3.8) is 0 Å². The van der Waals surface area contributed by atoms with Crippen molar-refractivity contribution in [3.05, 3.63) is 46.4 Å². The number of hydrogen-bond acceptors (Lipinski definition) is 4. The van der Waals surface area contributed by atoms with Crippen LogP contribution in [-0.2, 0) is 16.6 Å². The van der Waals surface area contributed by atoms with Gasteiger partial charge in [0.25, 0.3) is 0 Å². The van der Waals surface area contributed by atoms with Crippen molar-refractivity contribution < 1.29 is 12.8 Å². The molecular weight excluding hydrogens is 275 g/mol. The van der Waals surface area contributed by atoms with Gasteiger partial charge >= 0.3 is 0 Å². The normalized spacial score (nSPS) is 11.4. The predicted molar refractivity (Wildman–Crippen MR) is 69.4 cm³/mol. The minimum atomic E-state index is -3.87. The first-order chi connectivity index (χ1) is 8.47. The molecule has 4 nitrogen and oxygen atoms in total. The van der Waals surface area contributed by atoms with Gasteiger partial charge < -0.3 is 5.32 Å². The van der Waals surface area contributed by atoms with Gasteiger partial charge in [-0.25, -0.2) is 17.9 Å². The number of primary sulfonamides is 1. The smallest absolute Gasteiger partial charge is 0.238 e. The monoisotopic (exact) mass is 286 g/mol. The summed E-state index contributed by atoms with van der Waals surface area (Å²) in [6.07, 6.45) is 0. The maximum absolute atomic E-state index is 13.6. The molecule has 2 aromatic rings. The average molecular weight is 286 g/mol. The zero-order valence-electron chi connectivity index (χ0n) is 9.26. The molecule has 0 bridgehead atoms. The Hall–Kier alpha value is -1.44. The van der Waals surface area contributed by atoms with Crippen LogP contribution in [0, 0.1) is 5.82 Å². The first kappa shape index (κ1) is 13.0. The number of nitrogens with two attached hydrogens (primary N) is 1. The number of thiophene rings is 1. The fourth-order valence-corrected chi connectivity index (χ4v) is 2.60. The Morgan fingerprint density at radius 2 is 2.11 bits per heavy atom. The van der Waals surface area contributed by atoms with Crippen LogP contribution in [-0.4, -0.2) is 8.42 Å². The summed E-state index contributed by atoms with van der Waals surface area (Å²) in [5, 5.41) is 11.7. The van der Waals surface area contributed by atoms with E-state index >= 15 is 0 Å². The summed E-state index contributed by atoms with van der Waals surface area (Å²) in [5.74, 6) is -0.642. The molecule has 0 aliphatic rings. The third-order valence-electron chi connectivity index (χ3n) is 2.33. The van der Waals surface area contributed by atoms with E-state index in [2.05, 4.69) is 5.32 Å². The van der Waals surface area contributed by atoms with Crippen LogP contribution >= 0.6 is 11.3 Å². The minimum Gasteiger partial charge on any atom is -0.379 e. The van der Waals surface area contributed by atoms with Crippen molar-refractivity contribution in [1.29, 1.82) is 0 Å². The highest BCUT2D eigenvalue weighted by Gasteiger charge is 2.11. The summed E-state index contributed by atoms with van der Waals surface area (Å²) in [6.45, 7) is 0.481. The number of halogens is 1. The molecule has 96 valence electrons. The van der Waals surface area contributed by atoms with Crippen molar-refractivity contribution >= 4 is 27.0 Å². The zero-order valence-corrected chi connectivity index (χ0v) is 10.9. The highest BCUT2D eigenvalue weighted by Crippen LogP contribution is 2.19. The van der Waals surface area contributed by atoms with E-state index in [4.69, 9.17) is 5.14 Å². The molecule has 0 atom stereocenters. The molecule has 0 radical (unpaired) electrons. The minimum absolute atomic E-state index is 0.235. The second kappa shape index (κ2) is 5.05. The van der Waals surface area contributed by atoms with E-state index in [1.54, 1.807) is 11.3 Å². The van der Waals surface area contributed by atoms with Gasteiger partial charge in [0, 0.05) is 6.54 Å². The summed E-state index contributed by atoms with van der Waals surface area (Å²) in [6, 6.07) is 5.47. The van der Waals surface area contributed by atoms with Crippen LogP contribution in [0.4, 0.5) is 10.1 Å². The molecule has 1 aromatic carbocycles. The van der Waals surface area contributed by atoms with Crippen LogP contribution in [0.3, 0.4) is 0 Å². The summed E-state index contributed by atoms with van der Waals surface area (Å²) in [4.78, 5) is -0.235. The number of nitrogens with one attached hydrogen (secondary N) is 1. The van der Waals surface area contributed by atoms with E-state index in [0.29, 0.717) is 6.54 Å². The SMILES string of the molecule is NS(=O)(=O)c1ccc(NCc2ccsc2)c(F)c1. The topological polar surface area (TPSA) is 72.2 Å². The lowest BCUT2D eigenvalue weighted by atomic mass is 10.3. The highest BCUT2D eigenvalue weighted by molar-refractivity contribution is 7.89. The molecule has 1 aromatic heterocycles. The predicted octanol–water partition coefficient (Wildman–Crippen LogP) is 2.15. The van der Waals surface area contributed by atoms with Crippen molar-refractivity contribution in [3.8, 4) is 0 Å². The van der Waals surface area contributed by atoms with Crippen LogP contribution in [0.5, 0.6) is 0 Å². The molecule has 7 heteroatoms. The second-order valence-electron chi connectivity index (χ2n) is 3.67. The van der Waals surface area contributed by atoms with Crippen LogP contribution in [0.2, 0.25) is 0 Å². The van der Waals surface area contributed by atoms with Gasteiger partial charge in [0.1, 0.15) is 5.82 Å². The number of rotatable bonds is 4. The molecule has 0 unspecified atom stereocenters. The van der Waals surface area contributed by atoms with E-state index < -0.39 is 15.8 Å². The van der Waals surface area contributed by atoms with E-state index in [9.17, 15) is 12.8 Å².